The molecule has 1 heterocycles. The van der Waals surface area contributed by atoms with Crippen LogP contribution in [-0.2, 0) is 16.1 Å². The Bertz CT molecular complexity index is 1070. The van der Waals surface area contributed by atoms with Gasteiger partial charge in [0.1, 0.15) is 6.61 Å². The molecule has 144 valence electrons. The van der Waals surface area contributed by atoms with Gasteiger partial charge in [0.25, 0.3) is 0 Å². The van der Waals surface area contributed by atoms with Gasteiger partial charge in [-0.25, -0.2) is 9.79 Å². The number of carbonyl (C=O) groups is 1. The van der Waals surface area contributed by atoms with E-state index < -0.39 is 5.97 Å². The molecule has 29 heavy (non-hydrogen) atoms. The van der Waals surface area contributed by atoms with Crippen molar-refractivity contribution >= 4 is 17.9 Å². The maximum Gasteiger partial charge on any atom is 0.363 e. The molecule has 0 unspecified atom stereocenters. The number of hydrogen-bond acceptors (Lipinski definition) is 5. The minimum absolute atomic E-state index is 0.210. The van der Waals surface area contributed by atoms with E-state index in [0.29, 0.717) is 23.7 Å². The highest BCUT2D eigenvalue weighted by Gasteiger charge is 2.24. The Morgan fingerprint density at radius 3 is 2.38 bits per heavy atom. The number of para-hydroxylation sites is 1. The summed E-state index contributed by atoms with van der Waals surface area (Å²) < 4.78 is 16.8. The topological polar surface area (TPSA) is 57.1 Å². The molecule has 0 saturated heterocycles. The largest absolute Gasteiger partial charge is 0.493 e. The van der Waals surface area contributed by atoms with Crippen LogP contribution < -0.4 is 9.47 Å². The number of rotatable bonds is 6. The van der Waals surface area contributed by atoms with Crippen molar-refractivity contribution < 1.29 is 19.0 Å². The molecule has 0 radical (unpaired) electrons. The van der Waals surface area contributed by atoms with Crippen molar-refractivity contribution in [3.63, 3.8) is 0 Å². The molecular formula is C24H19NO4. The summed E-state index contributed by atoms with van der Waals surface area (Å²) in [7, 11) is 1.58. The molecule has 0 amide bonds. The van der Waals surface area contributed by atoms with E-state index >= 15 is 0 Å². The standard InChI is InChI=1S/C24H19NO4/c1-27-21-14-8-13-19(22(21)28-16-17-9-4-2-5-10-17)15-20-24(26)29-23(25-20)18-11-6-3-7-12-18/h2-15H,16H2,1H3. The highest BCUT2D eigenvalue weighted by atomic mass is 16.6. The quantitative estimate of drug-likeness (QED) is 0.459. The molecule has 1 aliphatic rings. The molecule has 4 rings (SSSR count). The molecule has 0 aromatic heterocycles. The number of benzene rings is 3. The van der Waals surface area contributed by atoms with Crippen LogP contribution in [0.25, 0.3) is 6.08 Å². The zero-order valence-corrected chi connectivity index (χ0v) is 15.9. The fraction of sp³-hybridized carbons (Fsp3) is 0.0833. The van der Waals surface area contributed by atoms with E-state index in [-0.39, 0.29) is 11.6 Å². The number of nitrogens with zero attached hydrogens (tertiary/aromatic N) is 1. The van der Waals surface area contributed by atoms with Crippen LogP contribution in [0.1, 0.15) is 16.7 Å². The number of esters is 1. The second-order valence-corrected chi connectivity index (χ2v) is 6.35. The third-order valence-electron chi connectivity index (χ3n) is 4.39. The Hall–Kier alpha value is -3.86. The van der Waals surface area contributed by atoms with E-state index in [1.165, 1.54) is 0 Å². The monoisotopic (exact) mass is 385 g/mol. The lowest BCUT2D eigenvalue weighted by molar-refractivity contribution is -0.129. The summed E-state index contributed by atoms with van der Waals surface area (Å²) in [5.41, 5.74) is 2.67. The van der Waals surface area contributed by atoms with Crippen LogP contribution in [0.15, 0.2) is 89.6 Å². The Balaban J connectivity index is 1.66. The minimum Gasteiger partial charge on any atom is -0.493 e. The van der Waals surface area contributed by atoms with Gasteiger partial charge in [0, 0.05) is 11.1 Å². The molecule has 0 aliphatic carbocycles. The lowest BCUT2D eigenvalue weighted by Crippen LogP contribution is -2.05. The molecule has 3 aromatic carbocycles. The van der Waals surface area contributed by atoms with Gasteiger partial charge in [-0.2, -0.15) is 0 Å². The number of ether oxygens (including phenoxy) is 3. The summed E-state index contributed by atoms with van der Waals surface area (Å²) in [6.45, 7) is 0.375. The highest BCUT2D eigenvalue weighted by molar-refractivity contribution is 6.12. The Morgan fingerprint density at radius 2 is 1.66 bits per heavy atom. The van der Waals surface area contributed by atoms with Gasteiger partial charge in [-0.3, -0.25) is 0 Å². The predicted octanol–water partition coefficient (Wildman–Crippen LogP) is 4.62. The highest BCUT2D eigenvalue weighted by Crippen LogP contribution is 2.34. The van der Waals surface area contributed by atoms with Crippen LogP contribution >= 0.6 is 0 Å². The van der Waals surface area contributed by atoms with Crippen LogP contribution in [0.5, 0.6) is 11.5 Å². The van der Waals surface area contributed by atoms with E-state index in [4.69, 9.17) is 14.2 Å². The molecule has 0 bridgehead atoms. The third-order valence-corrected chi connectivity index (χ3v) is 4.39. The van der Waals surface area contributed by atoms with E-state index in [1.54, 1.807) is 13.2 Å². The van der Waals surface area contributed by atoms with Gasteiger partial charge in [0.05, 0.1) is 7.11 Å². The molecule has 5 nitrogen and oxygen atoms in total. The minimum atomic E-state index is -0.499. The summed E-state index contributed by atoms with van der Waals surface area (Å²) in [4.78, 5) is 16.7. The maximum absolute atomic E-state index is 12.3. The number of aliphatic imine (C=N–C) groups is 1. The van der Waals surface area contributed by atoms with Crippen molar-refractivity contribution in [3.8, 4) is 11.5 Å². The average molecular weight is 385 g/mol. The number of methoxy groups -OCH3 is 1. The molecule has 0 N–H and O–H groups in total. The predicted molar refractivity (Wildman–Crippen MR) is 111 cm³/mol. The van der Waals surface area contributed by atoms with Gasteiger partial charge >= 0.3 is 5.97 Å². The van der Waals surface area contributed by atoms with E-state index in [2.05, 4.69) is 4.99 Å². The lowest BCUT2D eigenvalue weighted by atomic mass is 10.1. The van der Waals surface area contributed by atoms with Gasteiger partial charge in [0.15, 0.2) is 17.2 Å². The van der Waals surface area contributed by atoms with Crippen LogP contribution in [0.3, 0.4) is 0 Å². The first-order valence-electron chi connectivity index (χ1n) is 9.16. The smallest absolute Gasteiger partial charge is 0.363 e. The van der Waals surface area contributed by atoms with Crippen molar-refractivity contribution in [2.24, 2.45) is 4.99 Å². The molecule has 0 atom stereocenters. The fourth-order valence-electron chi connectivity index (χ4n) is 2.95. The average Bonchev–Trinajstić information content (AvgIpc) is 3.14. The summed E-state index contributed by atoms with van der Waals surface area (Å²) in [5.74, 6) is 0.911. The summed E-state index contributed by atoms with van der Waals surface area (Å²) in [6.07, 6.45) is 1.65. The number of carbonyl (C=O) groups excluding carboxylic acids is 1. The molecule has 1 aliphatic heterocycles. The molecule has 3 aromatic rings. The van der Waals surface area contributed by atoms with Gasteiger partial charge in [-0.05, 0) is 29.8 Å². The first kappa shape index (κ1) is 18.5. The van der Waals surface area contributed by atoms with Crippen molar-refractivity contribution in [2.75, 3.05) is 7.11 Å². The van der Waals surface area contributed by atoms with E-state index in [1.807, 2.05) is 78.9 Å². The Kier molecular flexibility index (Phi) is 5.38. The van der Waals surface area contributed by atoms with Crippen LogP contribution in [-0.4, -0.2) is 19.0 Å². The summed E-state index contributed by atoms with van der Waals surface area (Å²) >= 11 is 0. The number of cyclic esters (lactones) is 1. The van der Waals surface area contributed by atoms with E-state index in [9.17, 15) is 4.79 Å². The Labute approximate surface area is 168 Å². The van der Waals surface area contributed by atoms with Gasteiger partial charge in [-0.1, -0.05) is 60.7 Å². The van der Waals surface area contributed by atoms with Crippen molar-refractivity contribution in [2.45, 2.75) is 6.61 Å². The van der Waals surface area contributed by atoms with Crippen LogP contribution in [0.4, 0.5) is 0 Å². The summed E-state index contributed by atoms with van der Waals surface area (Å²) in [6, 6.07) is 24.6. The molecular weight excluding hydrogens is 366 g/mol. The first-order chi connectivity index (χ1) is 14.2. The van der Waals surface area contributed by atoms with Crippen molar-refractivity contribution in [1.29, 1.82) is 0 Å². The first-order valence-corrected chi connectivity index (χ1v) is 9.16. The molecule has 0 saturated carbocycles. The van der Waals surface area contributed by atoms with E-state index in [0.717, 1.165) is 11.1 Å². The SMILES string of the molecule is COc1cccc(C=C2N=C(c3ccccc3)OC2=O)c1OCc1ccccc1. The maximum atomic E-state index is 12.3. The van der Waals surface area contributed by atoms with Crippen LogP contribution in [0.2, 0.25) is 0 Å². The molecule has 5 heteroatoms. The molecule has 0 spiro atoms. The third kappa shape index (κ3) is 4.19. The van der Waals surface area contributed by atoms with Gasteiger partial charge in [0.2, 0.25) is 5.90 Å². The van der Waals surface area contributed by atoms with Crippen molar-refractivity contribution in [3.05, 3.63) is 101 Å². The second-order valence-electron chi connectivity index (χ2n) is 6.35. The zero-order valence-electron chi connectivity index (χ0n) is 15.9. The summed E-state index contributed by atoms with van der Waals surface area (Å²) in [5, 5.41) is 0. The van der Waals surface area contributed by atoms with Crippen LogP contribution in [0, 0.1) is 0 Å². The second kappa shape index (κ2) is 8.44. The lowest BCUT2D eigenvalue weighted by Gasteiger charge is -2.13. The molecule has 0 fully saturated rings. The van der Waals surface area contributed by atoms with Gasteiger partial charge < -0.3 is 14.2 Å². The number of hydrogen-bond donors (Lipinski definition) is 0. The van der Waals surface area contributed by atoms with Gasteiger partial charge in [-0.15, -0.1) is 0 Å². The van der Waals surface area contributed by atoms with Crippen molar-refractivity contribution in [1.82, 2.24) is 0 Å². The fourth-order valence-corrected chi connectivity index (χ4v) is 2.95. The Morgan fingerprint density at radius 1 is 0.931 bits per heavy atom. The normalized spacial score (nSPS) is 14.4. The zero-order chi connectivity index (χ0) is 20.1.